The van der Waals surface area contributed by atoms with Gasteiger partial charge in [0.05, 0.1) is 23.3 Å². The second kappa shape index (κ2) is 7.90. The number of carbonyl (C=O) groups is 1. The normalized spacial score (nSPS) is 17.5. The minimum absolute atomic E-state index is 0.0846. The first-order valence-corrected chi connectivity index (χ1v) is 9.61. The maximum absolute atomic E-state index is 12.7. The van der Waals surface area contributed by atoms with Gasteiger partial charge >= 0.3 is 0 Å². The number of aryl methyl sites for hydroxylation is 1. The number of likely N-dealkylation sites (N-methyl/N-ethyl adjacent to an activating group) is 1. The highest BCUT2D eigenvalue weighted by Gasteiger charge is 2.30. The number of hydrogen-bond acceptors (Lipinski definition) is 4. The van der Waals surface area contributed by atoms with Crippen molar-refractivity contribution in [3.05, 3.63) is 51.5 Å². The zero-order valence-corrected chi connectivity index (χ0v) is 15.2. The smallest absolute Gasteiger partial charge is 0.238 e. The summed E-state index contributed by atoms with van der Waals surface area (Å²) < 4.78 is 0. The molecule has 1 atom stereocenters. The number of aromatic nitrogens is 1. The average Bonchev–Trinajstić information content (AvgIpc) is 3.06. The fourth-order valence-corrected chi connectivity index (χ4v) is 4.12. The minimum Gasteiger partial charge on any atom is -0.349 e. The maximum Gasteiger partial charge on any atom is 0.238 e. The highest BCUT2D eigenvalue weighted by Crippen LogP contribution is 2.23. The van der Waals surface area contributed by atoms with Gasteiger partial charge in [0.15, 0.2) is 0 Å². The second-order valence-corrected chi connectivity index (χ2v) is 7.19. The third kappa shape index (κ3) is 3.84. The molecule has 0 fully saturated rings. The number of nitrogens with zero attached hydrogens (tertiary/aromatic N) is 2. The summed E-state index contributed by atoms with van der Waals surface area (Å²) in [6, 6.07) is 8.35. The Morgan fingerprint density at radius 2 is 2.12 bits per heavy atom. The van der Waals surface area contributed by atoms with Crippen molar-refractivity contribution in [3.8, 4) is 0 Å². The zero-order valence-electron chi connectivity index (χ0n) is 14.4. The van der Waals surface area contributed by atoms with Crippen molar-refractivity contribution in [2.75, 3.05) is 6.54 Å². The predicted molar refractivity (Wildman–Crippen MR) is 98.0 cm³/mol. The van der Waals surface area contributed by atoms with E-state index in [-0.39, 0.29) is 11.9 Å². The third-order valence-corrected chi connectivity index (χ3v) is 5.52. The Kier molecular flexibility index (Phi) is 5.63. The van der Waals surface area contributed by atoms with Crippen LogP contribution in [0.3, 0.4) is 0 Å². The van der Waals surface area contributed by atoms with E-state index in [1.165, 1.54) is 11.1 Å². The van der Waals surface area contributed by atoms with Gasteiger partial charge in [-0.05, 0) is 36.9 Å². The van der Waals surface area contributed by atoms with Crippen LogP contribution in [0.2, 0.25) is 0 Å². The van der Waals surface area contributed by atoms with E-state index in [0.717, 1.165) is 43.1 Å². The lowest BCUT2D eigenvalue weighted by Gasteiger charge is -2.35. The molecule has 1 aromatic heterocycles. The van der Waals surface area contributed by atoms with Gasteiger partial charge in [-0.3, -0.25) is 9.69 Å². The highest BCUT2D eigenvalue weighted by atomic mass is 32.1. The van der Waals surface area contributed by atoms with E-state index in [1.54, 1.807) is 11.3 Å². The van der Waals surface area contributed by atoms with Crippen LogP contribution in [-0.4, -0.2) is 28.4 Å². The summed E-state index contributed by atoms with van der Waals surface area (Å²) in [5.41, 5.74) is 3.60. The van der Waals surface area contributed by atoms with Crippen LogP contribution >= 0.6 is 11.3 Å². The van der Waals surface area contributed by atoms with Crippen molar-refractivity contribution in [3.63, 3.8) is 0 Å². The number of nitrogens with one attached hydrogen (secondary N) is 1. The van der Waals surface area contributed by atoms with Gasteiger partial charge in [-0.1, -0.05) is 38.1 Å². The molecule has 0 spiro atoms. The molecule has 2 aromatic rings. The Bertz CT molecular complexity index is 697. The average molecular weight is 343 g/mol. The van der Waals surface area contributed by atoms with Crippen molar-refractivity contribution in [2.45, 2.75) is 52.2 Å². The molecule has 1 N–H and O–H groups in total. The van der Waals surface area contributed by atoms with E-state index in [9.17, 15) is 4.79 Å². The third-order valence-electron chi connectivity index (χ3n) is 4.56. The first kappa shape index (κ1) is 17.1. The molecule has 4 nitrogen and oxygen atoms in total. The molecule has 0 radical (unpaired) electrons. The Balaban J connectivity index is 1.63. The maximum atomic E-state index is 12.7. The SMILES string of the molecule is CCCc1nc(CNC(=O)[C@@H]2Cc3ccccc3CN2CC)cs1. The highest BCUT2D eigenvalue weighted by molar-refractivity contribution is 7.09. The molecule has 0 saturated carbocycles. The Hall–Kier alpha value is -1.72. The molecule has 0 saturated heterocycles. The quantitative estimate of drug-likeness (QED) is 0.876. The first-order valence-electron chi connectivity index (χ1n) is 8.73. The summed E-state index contributed by atoms with van der Waals surface area (Å²) in [6.07, 6.45) is 2.90. The van der Waals surface area contributed by atoms with Crippen LogP contribution in [0.15, 0.2) is 29.6 Å². The van der Waals surface area contributed by atoms with Crippen LogP contribution < -0.4 is 5.32 Å². The van der Waals surface area contributed by atoms with Gasteiger partial charge in [-0.25, -0.2) is 4.98 Å². The number of fused-ring (bicyclic) bond motifs is 1. The number of rotatable bonds is 6. The molecule has 0 aliphatic carbocycles. The standard InChI is InChI=1S/C19H25N3OS/c1-3-7-18-21-16(13-24-18)11-20-19(23)17-10-14-8-5-6-9-15(14)12-22(17)4-2/h5-6,8-9,13,17H,3-4,7,10-12H2,1-2H3,(H,20,23)/t17-/m0/s1. The van der Waals surface area contributed by atoms with Gasteiger partial charge in [0.1, 0.15) is 0 Å². The molecule has 5 heteroatoms. The summed E-state index contributed by atoms with van der Waals surface area (Å²) in [5.74, 6) is 0.108. The molecule has 1 aliphatic heterocycles. The van der Waals surface area contributed by atoms with Gasteiger partial charge in [-0.15, -0.1) is 11.3 Å². The van der Waals surface area contributed by atoms with Crippen LogP contribution in [0.4, 0.5) is 0 Å². The van der Waals surface area contributed by atoms with Gasteiger partial charge in [0.25, 0.3) is 0 Å². The molecule has 2 heterocycles. The molecular formula is C19H25N3OS. The van der Waals surface area contributed by atoms with Crippen molar-refractivity contribution in [2.24, 2.45) is 0 Å². The van der Waals surface area contributed by atoms with Crippen molar-refractivity contribution < 1.29 is 4.79 Å². The van der Waals surface area contributed by atoms with E-state index in [1.807, 2.05) is 0 Å². The predicted octanol–water partition coefficient (Wildman–Crippen LogP) is 3.16. The number of benzene rings is 1. The zero-order chi connectivity index (χ0) is 16.9. The van der Waals surface area contributed by atoms with Gasteiger partial charge in [0, 0.05) is 11.9 Å². The Morgan fingerprint density at radius 3 is 2.88 bits per heavy atom. The Labute approximate surface area is 147 Å². The van der Waals surface area contributed by atoms with Gasteiger partial charge < -0.3 is 5.32 Å². The van der Waals surface area contributed by atoms with Gasteiger partial charge in [0.2, 0.25) is 5.91 Å². The minimum atomic E-state index is -0.0846. The molecule has 24 heavy (non-hydrogen) atoms. The molecule has 0 unspecified atom stereocenters. The molecular weight excluding hydrogens is 318 g/mol. The number of thiazole rings is 1. The summed E-state index contributed by atoms with van der Waals surface area (Å²) >= 11 is 1.68. The van der Waals surface area contributed by atoms with E-state index in [4.69, 9.17) is 0 Å². The lowest BCUT2D eigenvalue weighted by Crippen LogP contribution is -2.49. The van der Waals surface area contributed by atoms with Gasteiger partial charge in [-0.2, -0.15) is 0 Å². The summed E-state index contributed by atoms with van der Waals surface area (Å²) in [6.45, 7) is 6.52. The van der Waals surface area contributed by atoms with Crippen LogP contribution in [-0.2, 0) is 30.7 Å². The van der Waals surface area contributed by atoms with E-state index in [2.05, 4.69) is 58.7 Å². The van der Waals surface area contributed by atoms with Crippen molar-refractivity contribution in [1.29, 1.82) is 0 Å². The fourth-order valence-electron chi connectivity index (χ4n) is 3.22. The summed E-state index contributed by atoms with van der Waals surface area (Å²) in [5, 5.41) is 6.29. The fraction of sp³-hybridized carbons (Fsp3) is 0.474. The molecule has 3 rings (SSSR count). The van der Waals surface area contributed by atoms with Crippen LogP contribution in [0, 0.1) is 0 Å². The second-order valence-electron chi connectivity index (χ2n) is 6.25. The number of carbonyl (C=O) groups excluding carboxylic acids is 1. The molecule has 1 aliphatic rings. The lowest BCUT2D eigenvalue weighted by atomic mass is 9.93. The topological polar surface area (TPSA) is 45.2 Å². The van der Waals surface area contributed by atoms with E-state index >= 15 is 0 Å². The molecule has 0 bridgehead atoms. The van der Waals surface area contributed by atoms with Crippen LogP contribution in [0.5, 0.6) is 0 Å². The molecule has 128 valence electrons. The van der Waals surface area contributed by atoms with E-state index < -0.39 is 0 Å². The Morgan fingerprint density at radius 1 is 1.33 bits per heavy atom. The molecule has 1 aromatic carbocycles. The summed E-state index contributed by atoms with van der Waals surface area (Å²) in [7, 11) is 0. The monoisotopic (exact) mass is 343 g/mol. The van der Waals surface area contributed by atoms with Crippen molar-refractivity contribution in [1.82, 2.24) is 15.2 Å². The summed E-state index contributed by atoms with van der Waals surface area (Å²) in [4.78, 5) is 19.5. The van der Waals surface area contributed by atoms with Crippen molar-refractivity contribution >= 4 is 17.2 Å². The largest absolute Gasteiger partial charge is 0.349 e. The lowest BCUT2D eigenvalue weighted by molar-refractivity contribution is -0.127. The van der Waals surface area contributed by atoms with E-state index in [0.29, 0.717) is 6.54 Å². The van der Waals surface area contributed by atoms with Crippen LogP contribution in [0.1, 0.15) is 42.1 Å². The first-order chi connectivity index (χ1) is 11.7. The number of hydrogen-bond donors (Lipinski definition) is 1. The number of amides is 1. The van der Waals surface area contributed by atoms with Crippen LogP contribution in [0.25, 0.3) is 0 Å². The molecule has 1 amide bonds.